The molecule has 3 rings (SSSR count). The Balaban J connectivity index is 1.64. The Labute approximate surface area is 165 Å². The van der Waals surface area contributed by atoms with Crippen LogP contribution in [0, 0.1) is 0 Å². The lowest BCUT2D eigenvalue weighted by molar-refractivity contribution is -0.115. The van der Waals surface area contributed by atoms with Gasteiger partial charge in [0.1, 0.15) is 5.75 Å². The molecule has 0 saturated heterocycles. The van der Waals surface area contributed by atoms with Crippen molar-refractivity contribution in [3.63, 3.8) is 0 Å². The van der Waals surface area contributed by atoms with E-state index in [1.165, 1.54) is 35.5 Å². The van der Waals surface area contributed by atoms with Crippen molar-refractivity contribution >= 4 is 35.0 Å². The van der Waals surface area contributed by atoms with Crippen LogP contribution in [0.15, 0.2) is 53.7 Å². The van der Waals surface area contributed by atoms with Gasteiger partial charge in [-0.25, -0.2) is 0 Å². The number of amides is 2. The Kier molecular flexibility index (Phi) is 5.90. The Morgan fingerprint density at radius 2 is 1.64 bits per heavy atom. The number of hydrogen-bond donors (Lipinski definition) is 3. The number of nitrogens with one attached hydrogen (secondary N) is 2. The SMILES string of the molecule is CC(=O)Nc1ccc(NC(=O)[C@@H](C)Sc2nnnn2-c2ccc(O)cc2)cc1. The highest BCUT2D eigenvalue weighted by molar-refractivity contribution is 8.00. The predicted octanol–water partition coefficient (Wildman–Crippen LogP) is 2.45. The quantitative estimate of drug-likeness (QED) is 0.545. The molecule has 3 N–H and O–H groups in total. The summed E-state index contributed by atoms with van der Waals surface area (Å²) in [5.41, 5.74) is 1.94. The summed E-state index contributed by atoms with van der Waals surface area (Å²) in [5, 5.41) is 26.4. The molecule has 0 radical (unpaired) electrons. The zero-order valence-electron chi connectivity index (χ0n) is 15.2. The molecule has 0 spiro atoms. The van der Waals surface area contributed by atoms with Gasteiger partial charge in [0.25, 0.3) is 0 Å². The van der Waals surface area contributed by atoms with Gasteiger partial charge >= 0.3 is 0 Å². The van der Waals surface area contributed by atoms with Crippen LogP contribution in [0.2, 0.25) is 0 Å². The molecule has 0 fully saturated rings. The van der Waals surface area contributed by atoms with Crippen molar-refractivity contribution in [3.8, 4) is 11.4 Å². The Morgan fingerprint density at radius 1 is 1.04 bits per heavy atom. The molecule has 2 aromatic carbocycles. The van der Waals surface area contributed by atoms with Crippen LogP contribution < -0.4 is 10.6 Å². The summed E-state index contributed by atoms with van der Waals surface area (Å²) in [7, 11) is 0. The lowest BCUT2D eigenvalue weighted by Crippen LogP contribution is -2.23. The molecule has 28 heavy (non-hydrogen) atoms. The fraction of sp³-hybridized carbons (Fsp3) is 0.167. The van der Waals surface area contributed by atoms with E-state index < -0.39 is 5.25 Å². The van der Waals surface area contributed by atoms with E-state index in [9.17, 15) is 14.7 Å². The standard InChI is InChI=1S/C18H18N6O3S/c1-11(17(27)20-14-5-3-13(4-6-14)19-12(2)25)28-18-21-22-23-24(18)15-7-9-16(26)10-8-15/h3-11,26H,1-2H3,(H,19,25)(H,20,27)/t11-/m1/s1. The number of aromatic nitrogens is 4. The van der Waals surface area contributed by atoms with Crippen LogP contribution in [-0.4, -0.2) is 42.4 Å². The molecule has 3 aromatic rings. The number of tetrazole rings is 1. The molecule has 0 bridgehead atoms. The number of rotatable bonds is 6. The Hall–Kier alpha value is -3.40. The molecule has 0 unspecified atom stereocenters. The predicted molar refractivity (Wildman–Crippen MR) is 106 cm³/mol. The smallest absolute Gasteiger partial charge is 0.237 e. The van der Waals surface area contributed by atoms with E-state index in [1.54, 1.807) is 43.3 Å². The number of benzene rings is 2. The minimum atomic E-state index is -0.461. The number of phenols is 1. The molecule has 144 valence electrons. The molecular weight excluding hydrogens is 380 g/mol. The minimum absolute atomic E-state index is 0.142. The third-order valence-electron chi connectivity index (χ3n) is 3.66. The molecular formula is C18H18N6O3S. The lowest BCUT2D eigenvalue weighted by Gasteiger charge is -2.12. The van der Waals surface area contributed by atoms with Gasteiger partial charge < -0.3 is 15.7 Å². The first-order chi connectivity index (χ1) is 13.4. The van der Waals surface area contributed by atoms with Gasteiger partial charge in [-0.2, -0.15) is 4.68 Å². The maximum absolute atomic E-state index is 12.5. The second-order valence-electron chi connectivity index (χ2n) is 5.90. The van der Waals surface area contributed by atoms with Gasteiger partial charge in [-0.05, 0) is 65.9 Å². The van der Waals surface area contributed by atoms with Crippen LogP contribution >= 0.6 is 11.8 Å². The number of carbonyl (C=O) groups excluding carboxylic acids is 2. The van der Waals surface area contributed by atoms with Gasteiger partial charge in [-0.3, -0.25) is 9.59 Å². The lowest BCUT2D eigenvalue weighted by atomic mass is 10.2. The molecule has 1 aromatic heterocycles. The Bertz CT molecular complexity index is 972. The van der Waals surface area contributed by atoms with E-state index in [-0.39, 0.29) is 17.6 Å². The summed E-state index contributed by atoms with van der Waals surface area (Å²) in [6.07, 6.45) is 0. The maximum Gasteiger partial charge on any atom is 0.237 e. The van der Waals surface area contributed by atoms with Crippen LogP contribution in [0.5, 0.6) is 5.75 Å². The zero-order valence-corrected chi connectivity index (χ0v) is 16.0. The highest BCUT2D eigenvalue weighted by Crippen LogP contribution is 2.25. The van der Waals surface area contributed by atoms with Crippen LogP contribution in [0.3, 0.4) is 0 Å². The van der Waals surface area contributed by atoms with Gasteiger partial charge in [-0.15, -0.1) is 5.10 Å². The van der Waals surface area contributed by atoms with E-state index in [4.69, 9.17) is 0 Å². The normalized spacial score (nSPS) is 11.6. The second-order valence-corrected chi connectivity index (χ2v) is 7.21. The number of thioether (sulfide) groups is 1. The molecule has 0 aliphatic heterocycles. The summed E-state index contributed by atoms with van der Waals surface area (Å²) < 4.78 is 1.50. The number of carbonyl (C=O) groups is 2. The molecule has 9 nitrogen and oxygen atoms in total. The molecule has 1 atom stereocenters. The van der Waals surface area contributed by atoms with Crippen molar-refractivity contribution in [3.05, 3.63) is 48.5 Å². The summed E-state index contributed by atoms with van der Waals surface area (Å²) in [6.45, 7) is 3.18. The highest BCUT2D eigenvalue weighted by Gasteiger charge is 2.19. The zero-order chi connectivity index (χ0) is 20.1. The Morgan fingerprint density at radius 3 is 2.25 bits per heavy atom. The van der Waals surface area contributed by atoms with Crippen LogP contribution in [-0.2, 0) is 9.59 Å². The van der Waals surface area contributed by atoms with Gasteiger partial charge in [0, 0.05) is 18.3 Å². The van der Waals surface area contributed by atoms with Crippen molar-refractivity contribution in [2.75, 3.05) is 10.6 Å². The molecule has 10 heteroatoms. The van der Waals surface area contributed by atoms with Crippen LogP contribution in [0.1, 0.15) is 13.8 Å². The fourth-order valence-electron chi connectivity index (χ4n) is 2.30. The first-order valence-electron chi connectivity index (χ1n) is 8.35. The fourth-order valence-corrected chi connectivity index (χ4v) is 3.11. The summed E-state index contributed by atoms with van der Waals surface area (Å²) in [4.78, 5) is 23.5. The number of hydrogen-bond acceptors (Lipinski definition) is 7. The van der Waals surface area contributed by atoms with Crippen molar-refractivity contribution in [2.24, 2.45) is 0 Å². The topological polar surface area (TPSA) is 122 Å². The molecule has 2 amide bonds. The number of nitrogens with zero attached hydrogens (tertiary/aromatic N) is 4. The van der Waals surface area contributed by atoms with Gasteiger partial charge in [-0.1, -0.05) is 11.8 Å². The average molecular weight is 398 g/mol. The van der Waals surface area contributed by atoms with E-state index in [2.05, 4.69) is 26.2 Å². The van der Waals surface area contributed by atoms with Crippen LogP contribution in [0.25, 0.3) is 5.69 Å². The average Bonchev–Trinajstić information content (AvgIpc) is 3.11. The minimum Gasteiger partial charge on any atom is -0.508 e. The van der Waals surface area contributed by atoms with E-state index in [1.807, 2.05) is 0 Å². The van der Waals surface area contributed by atoms with Gasteiger partial charge in [0.15, 0.2) is 0 Å². The molecule has 0 aliphatic rings. The first-order valence-corrected chi connectivity index (χ1v) is 9.23. The van der Waals surface area contributed by atoms with Crippen molar-refractivity contribution in [2.45, 2.75) is 24.3 Å². The number of phenolic OH excluding ortho intramolecular Hbond substituents is 1. The van der Waals surface area contributed by atoms with E-state index in [0.717, 1.165) is 0 Å². The van der Waals surface area contributed by atoms with Crippen molar-refractivity contribution in [1.29, 1.82) is 0 Å². The summed E-state index contributed by atoms with van der Waals surface area (Å²) >= 11 is 1.21. The summed E-state index contributed by atoms with van der Waals surface area (Å²) in [6, 6.07) is 13.3. The number of anilines is 2. The number of aromatic hydroxyl groups is 1. The monoisotopic (exact) mass is 398 g/mol. The van der Waals surface area contributed by atoms with Crippen molar-refractivity contribution < 1.29 is 14.7 Å². The third kappa shape index (κ3) is 4.86. The molecule has 1 heterocycles. The molecule has 0 saturated carbocycles. The second kappa shape index (κ2) is 8.53. The van der Waals surface area contributed by atoms with E-state index >= 15 is 0 Å². The third-order valence-corrected chi connectivity index (χ3v) is 4.69. The maximum atomic E-state index is 12.5. The van der Waals surface area contributed by atoms with E-state index in [0.29, 0.717) is 22.2 Å². The largest absolute Gasteiger partial charge is 0.508 e. The van der Waals surface area contributed by atoms with Crippen LogP contribution in [0.4, 0.5) is 11.4 Å². The summed E-state index contributed by atoms with van der Waals surface area (Å²) in [5.74, 6) is -0.228. The first kappa shape index (κ1) is 19.4. The highest BCUT2D eigenvalue weighted by atomic mass is 32.2. The van der Waals surface area contributed by atoms with Crippen molar-refractivity contribution in [1.82, 2.24) is 20.2 Å². The van der Waals surface area contributed by atoms with Gasteiger partial charge in [0.05, 0.1) is 10.9 Å². The van der Waals surface area contributed by atoms with Gasteiger partial charge in [0.2, 0.25) is 17.0 Å². The molecule has 0 aliphatic carbocycles.